The minimum Gasteiger partial charge on any atom is -0.507 e. The maximum absolute atomic E-state index is 13.5. The van der Waals surface area contributed by atoms with Gasteiger partial charge in [0.1, 0.15) is 23.9 Å². The highest BCUT2D eigenvalue weighted by Crippen LogP contribution is 2.44. The Bertz CT molecular complexity index is 1600. The molecule has 0 aliphatic carbocycles. The van der Waals surface area contributed by atoms with E-state index in [9.17, 15) is 14.7 Å². The molecule has 0 radical (unpaired) electrons. The first kappa shape index (κ1) is 25.2. The fraction of sp³-hybridized carbons (Fsp3) is 0.167. The van der Waals surface area contributed by atoms with Crippen LogP contribution in [-0.2, 0) is 9.59 Å². The smallest absolute Gasteiger partial charge is 0.301 e. The summed E-state index contributed by atoms with van der Waals surface area (Å²) < 4.78 is 11.8. The van der Waals surface area contributed by atoms with Gasteiger partial charge in [-0.25, -0.2) is 4.98 Å². The van der Waals surface area contributed by atoms with Crippen LogP contribution in [0.4, 0.5) is 5.13 Å². The number of Topliss-reactive ketones (excluding diaryl/α,β-unsaturated/α-hetero) is 1. The lowest BCUT2D eigenvalue weighted by Gasteiger charge is -2.23. The Morgan fingerprint density at radius 3 is 2.55 bits per heavy atom. The Morgan fingerprint density at radius 1 is 1.11 bits per heavy atom. The van der Waals surface area contributed by atoms with E-state index < -0.39 is 17.7 Å². The monoisotopic (exact) mass is 526 g/mol. The number of nitrogens with zero attached hydrogens (tertiary/aromatic N) is 2. The summed E-state index contributed by atoms with van der Waals surface area (Å²) in [6, 6.07) is 17.2. The second kappa shape index (κ2) is 10.1. The van der Waals surface area contributed by atoms with Crippen molar-refractivity contribution < 1.29 is 24.2 Å². The number of amides is 1. The van der Waals surface area contributed by atoms with Gasteiger partial charge in [0.2, 0.25) is 0 Å². The summed E-state index contributed by atoms with van der Waals surface area (Å²) in [6.45, 7) is 7.84. The fourth-order valence-electron chi connectivity index (χ4n) is 4.55. The van der Waals surface area contributed by atoms with Crippen LogP contribution in [0, 0.1) is 13.8 Å². The quantitative estimate of drug-likeness (QED) is 0.135. The first-order chi connectivity index (χ1) is 18.3. The van der Waals surface area contributed by atoms with Crippen LogP contribution in [0.5, 0.6) is 11.5 Å². The molecule has 8 heteroatoms. The number of methoxy groups -OCH3 is 1. The van der Waals surface area contributed by atoms with Gasteiger partial charge in [-0.05, 0) is 73.0 Å². The molecule has 7 nitrogen and oxygen atoms in total. The minimum absolute atomic E-state index is 0.00485. The summed E-state index contributed by atoms with van der Waals surface area (Å²) in [5.41, 5.74) is 3.63. The van der Waals surface area contributed by atoms with Crippen LogP contribution in [0.2, 0.25) is 0 Å². The van der Waals surface area contributed by atoms with E-state index in [0.717, 1.165) is 21.3 Å². The second-order valence-corrected chi connectivity index (χ2v) is 10.00. The Hall–Kier alpha value is -4.43. The zero-order valence-electron chi connectivity index (χ0n) is 21.2. The molecular weight excluding hydrogens is 500 g/mol. The summed E-state index contributed by atoms with van der Waals surface area (Å²) >= 11 is 1.33. The van der Waals surface area contributed by atoms with Crippen molar-refractivity contribution in [3.8, 4) is 11.5 Å². The van der Waals surface area contributed by atoms with Gasteiger partial charge in [-0.2, -0.15) is 0 Å². The van der Waals surface area contributed by atoms with Gasteiger partial charge < -0.3 is 14.6 Å². The number of hydrogen-bond donors (Lipinski definition) is 1. The third-order valence-corrected chi connectivity index (χ3v) is 7.43. The van der Waals surface area contributed by atoms with Crippen LogP contribution >= 0.6 is 11.3 Å². The van der Waals surface area contributed by atoms with Crippen molar-refractivity contribution in [1.82, 2.24) is 4.98 Å². The van der Waals surface area contributed by atoms with Crippen LogP contribution in [0.15, 0.2) is 78.9 Å². The summed E-state index contributed by atoms with van der Waals surface area (Å²) in [4.78, 5) is 33.0. The number of benzene rings is 3. The molecule has 1 atom stereocenters. The molecule has 0 saturated carbocycles. The Labute approximate surface area is 224 Å². The number of carbonyl (C=O) groups excluding carboxylic acids is 2. The Morgan fingerprint density at radius 2 is 1.87 bits per heavy atom. The van der Waals surface area contributed by atoms with Crippen molar-refractivity contribution in [1.29, 1.82) is 0 Å². The number of aromatic nitrogens is 1. The largest absolute Gasteiger partial charge is 0.507 e. The van der Waals surface area contributed by atoms with Crippen LogP contribution in [0.3, 0.4) is 0 Å². The molecule has 3 aromatic carbocycles. The van der Waals surface area contributed by atoms with E-state index in [2.05, 4.69) is 11.6 Å². The molecule has 0 bridgehead atoms. The fourth-order valence-corrected chi connectivity index (χ4v) is 5.64. The molecule has 1 aliphatic rings. The van der Waals surface area contributed by atoms with Crippen LogP contribution in [0.1, 0.15) is 28.3 Å². The summed E-state index contributed by atoms with van der Waals surface area (Å²) in [7, 11) is 1.56. The topological polar surface area (TPSA) is 89.0 Å². The predicted molar refractivity (Wildman–Crippen MR) is 149 cm³/mol. The van der Waals surface area contributed by atoms with Gasteiger partial charge in [0.15, 0.2) is 5.13 Å². The van der Waals surface area contributed by atoms with Gasteiger partial charge in [-0.15, -0.1) is 0 Å². The van der Waals surface area contributed by atoms with Gasteiger partial charge in [-0.3, -0.25) is 14.5 Å². The van der Waals surface area contributed by atoms with E-state index in [1.807, 2.05) is 32.0 Å². The van der Waals surface area contributed by atoms with Crippen LogP contribution in [0.25, 0.3) is 16.0 Å². The van der Waals surface area contributed by atoms with E-state index in [1.165, 1.54) is 16.2 Å². The number of ketones is 1. The van der Waals surface area contributed by atoms with Crippen molar-refractivity contribution in [3.05, 3.63) is 101 Å². The van der Waals surface area contributed by atoms with Gasteiger partial charge in [0, 0.05) is 5.56 Å². The Kier molecular flexibility index (Phi) is 6.73. The Balaban J connectivity index is 1.68. The highest BCUT2D eigenvalue weighted by Gasteiger charge is 2.48. The molecule has 1 saturated heterocycles. The lowest BCUT2D eigenvalue weighted by molar-refractivity contribution is -0.132. The van der Waals surface area contributed by atoms with E-state index in [4.69, 9.17) is 9.47 Å². The normalized spacial score (nSPS) is 16.7. The average molecular weight is 527 g/mol. The van der Waals surface area contributed by atoms with E-state index in [-0.39, 0.29) is 11.3 Å². The number of fused-ring (bicyclic) bond motifs is 1. The molecular formula is C30H26N2O5S. The summed E-state index contributed by atoms with van der Waals surface area (Å²) in [5.74, 6) is -0.510. The van der Waals surface area contributed by atoms with Crippen molar-refractivity contribution in [3.63, 3.8) is 0 Å². The number of carbonyl (C=O) groups is 2. The molecule has 5 rings (SSSR count). The number of hydrogen-bond acceptors (Lipinski definition) is 7. The minimum atomic E-state index is -0.882. The highest BCUT2D eigenvalue weighted by molar-refractivity contribution is 7.22. The van der Waals surface area contributed by atoms with Crippen molar-refractivity contribution in [2.24, 2.45) is 0 Å². The van der Waals surface area contributed by atoms with E-state index in [0.29, 0.717) is 34.4 Å². The molecule has 192 valence electrons. The third-order valence-electron chi connectivity index (χ3n) is 6.42. The van der Waals surface area contributed by atoms with E-state index in [1.54, 1.807) is 55.7 Å². The second-order valence-electron chi connectivity index (χ2n) is 8.99. The summed E-state index contributed by atoms with van der Waals surface area (Å²) in [5, 5.41) is 11.8. The first-order valence-electron chi connectivity index (χ1n) is 12.0. The molecule has 38 heavy (non-hydrogen) atoms. The predicted octanol–water partition coefficient (Wildman–Crippen LogP) is 6.11. The van der Waals surface area contributed by atoms with Gasteiger partial charge in [0.05, 0.1) is 28.9 Å². The molecule has 0 spiro atoms. The number of anilines is 1. The van der Waals surface area contributed by atoms with Crippen molar-refractivity contribution >= 4 is 44.1 Å². The SMILES string of the molecule is C=CCOc1ccc([C@@H]2C(=C(O)c3ccc(OC)c(C)c3)C(=O)C(=O)N2c2nc3ccc(C)cc3s2)cc1. The van der Waals surface area contributed by atoms with E-state index >= 15 is 0 Å². The average Bonchev–Trinajstić information content (AvgIpc) is 3.44. The third kappa shape index (κ3) is 4.43. The molecule has 1 fully saturated rings. The van der Waals surface area contributed by atoms with Crippen LogP contribution < -0.4 is 14.4 Å². The molecule has 1 aliphatic heterocycles. The maximum atomic E-state index is 13.5. The maximum Gasteiger partial charge on any atom is 0.301 e. The zero-order valence-corrected chi connectivity index (χ0v) is 22.0. The number of aliphatic hydroxyl groups is 1. The van der Waals surface area contributed by atoms with Crippen LogP contribution in [-0.4, -0.2) is 35.5 Å². The van der Waals surface area contributed by atoms with Crippen molar-refractivity contribution in [2.75, 3.05) is 18.6 Å². The highest BCUT2D eigenvalue weighted by atomic mass is 32.1. The number of thiazole rings is 1. The molecule has 2 heterocycles. The lowest BCUT2D eigenvalue weighted by atomic mass is 9.95. The van der Waals surface area contributed by atoms with Gasteiger partial charge in [-0.1, -0.05) is 42.2 Å². The molecule has 1 N–H and O–H groups in total. The van der Waals surface area contributed by atoms with Crippen molar-refractivity contribution in [2.45, 2.75) is 19.9 Å². The summed E-state index contributed by atoms with van der Waals surface area (Å²) in [6.07, 6.45) is 1.65. The zero-order chi connectivity index (χ0) is 27.0. The standard InChI is InChI=1S/C30H26N2O5S/c1-5-14-37-21-10-7-19(8-11-21)26-25(27(33)20-9-13-23(36-4)18(3)16-20)28(34)29(35)32(26)30-31-22-12-6-17(2)15-24(22)38-30/h5-13,15-16,26,33H,1,14H2,2-4H3/t26-/m1/s1. The number of ether oxygens (including phenoxy) is 2. The molecule has 1 amide bonds. The lowest BCUT2D eigenvalue weighted by Crippen LogP contribution is -2.29. The number of aliphatic hydroxyl groups excluding tert-OH is 1. The molecule has 0 unspecified atom stereocenters. The molecule has 4 aromatic rings. The first-order valence-corrected chi connectivity index (χ1v) is 12.8. The number of aryl methyl sites for hydroxylation is 2. The van der Waals surface area contributed by atoms with Gasteiger partial charge >= 0.3 is 5.91 Å². The molecule has 1 aromatic heterocycles. The number of rotatable bonds is 7. The van der Waals surface area contributed by atoms with Gasteiger partial charge in [0.25, 0.3) is 5.78 Å².